The highest BCUT2D eigenvalue weighted by atomic mass is 16.3. The van der Waals surface area contributed by atoms with E-state index in [2.05, 4.69) is 26.0 Å². The summed E-state index contributed by atoms with van der Waals surface area (Å²) in [6.07, 6.45) is 9.27. The highest BCUT2D eigenvalue weighted by Crippen LogP contribution is 2.27. The third-order valence-corrected chi connectivity index (χ3v) is 4.42. The maximum Gasteiger partial charge on any atom is 0.0801 e. The van der Waals surface area contributed by atoms with Crippen LogP contribution in [0.5, 0.6) is 0 Å². The largest absolute Gasteiger partial charge is 0.388 e. The molecule has 0 bridgehead atoms. The molecule has 0 saturated carbocycles. The van der Waals surface area contributed by atoms with Crippen LogP contribution in [-0.4, -0.2) is 16.7 Å². The smallest absolute Gasteiger partial charge is 0.0801 e. The molecule has 0 aliphatic carbocycles. The van der Waals surface area contributed by atoms with Gasteiger partial charge in [0.05, 0.1) is 5.60 Å². The van der Waals surface area contributed by atoms with Crippen LogP contribution >= 0.6 is 0 Å². The van der Waals surface area contributed by atoms with Crippen LogP contribution in [0.3, 0.4) is 0 Å². The van der Waals surface area contributed by atoms with Crippen molar-refractivity contribution in [2.75, 3.05) is 0 Å². The second kappa shape index (κ2) is 9.97. The average molecular weight is 291 g/mol. The molecule has 0 aliphatic heterocycles. The highest BCUT2D eigenvalue weighted by molar-refractivity contribution is 5.17. The Morgan fingerprint density at radius 2 is 1.48 bits per heavy atom. The molecule has 0 heterocycles. The summed E-state index contributed by atoms with van der Waals surface area (Å²) in [6.45, 7) is 4.39. The Bertz CT molecular complexity index is 353. The zero-order valence-electron chi connectivity index (χ0n) is 13.9. The van der Waals surface area contributed by atoms with Crippen LogP contribution in [0.4, 0.5) is 0 Å². The fourth-order valence-electron chi connectivity index (χ4n) is 2.92. The summed E-state index contributed by atoms with van der Waals surface area (Å²) in [7, 11) is 0. The van der Waals surface area contributed by atoms with Gasteiger partial charge in [-0.25, -0.2) is 0 Å². The molecule has 1 rings (SSSR count). The molecule has 0 radical (unpaired) electrons. The van der Waals surface area contributed by atoms with E-state index >= 15 is 0 Å². The van der Waals surface area contributed by atoms with Crippen LogP contribution in [0.2, 0.25) is 0 Å². The second-order valence-electron chi connectivity index (χ2n) is 6.31. The summed E-state index contributed by atoms with van der Waals surface area (Å²) >= 11 is 0. The van der Waals surface area contributed by atoms with Crippen molar-refractivity contribution >= 4 is 0 Å². The van der Waals surface area contributed by atoms with E-state index in [1.807, 2.05) is 18.2 Å². The Kier molecular flexibility index (Phi) is 8.63. The summed E-state index contributed by atoms with van der Waals surface area (Å²) in [5, 5.41) is 11.1. The van der Waals surface area contributed by atoms with Gasteiger partial charge >= 0.3 is 0 Å². The van der Waals surface area contributed by atoms with Crippen molar-refractivity contribution in [3.63, 3.8) is 0 Å². The van der Waals surface area contributed by atoms with Gasteiger partial charge in [-0.2, -0.15) is 0 Å². The quantitative estimate of drug-likeness (QED) is 0.592. The Balaban J connectivity index is 2.63. The molecule has 21 heavy (non-hydrogen) atoms. The van der Waals surface area contributed by atoms with Gasteiger partial charge in [0, 0.05) is 6.04 Å². The van der Waals surface area contributed by atoms with E-state index in [9.17, 15) is 5.11 Å². The van der Waals surface area contributed by atoms with Gasteiger partial charge in [0.1, 0.15) is 0 Å². The average Bonchev–Trinajstić information content (AvgIpc) is 2.49. The molecular formula is C19H33NO. The fraction of sp³-hybridized carbons (Fsp3) is 0.684. The van der Waals surface area contributed by atoms with Crippen molar-refractivity contribution in [1.29, 1.82) is 0 Å². The van der Waals surface area contributed by atoms with Crippen molar-refractivity contribution in [3.8, 4) is 0 Å². The normalized spacial score (nSPS) is 13.3. The van der Waals surface area contributed by atoms with E-state index < -0.39 is 5.60 Å². The zero-order chi connectivity index (χ0) is 15.6. The monoisotopic (exact) mass is 291 g/mol. The number of unbranched alkanes of at least 4 members (excludes halogenated alkanes) is 4. The number of hydrogen-bond acceptors (Lipinski definition) is 2. The lowest BCUT2D eigenvalue weighted by Gasteiger charge is -2.34. The predicted octanol–water partition coefficient (Wildman–Crippen LogP) is 4.45. The van der Waals surface area contributed by atoms with Gasteiger partial charge in [0.25, 0.3) is 0 Å². The van der Waals surface area contributed by atoms with E-state index in [1.54, 1.807) is 0 Å². The van der Waals surface area contributed by atoms with Gasteiger partial charge in [-0.3, -0.25) is 0 Å². The van der Waals surface area contributed by atoms with E-state index in [4.69, 9.17) is 5.73 Å². The summed E-state index contributed by atoms with van der Waals surface area (Å²) in [5.41, 5.74) is 6.91. The van der Waals surface area contributed by atoms with Gasteiger partial charge in [-0.1, -0.05) is 82.7 Å². The Hall–Kier alpha value is -0.860. The molecule has 1 aromatic rings. The molecule has 1 aromatic carbocycles. The third-order valence-electron chi connectivity index (χ3n) is 4.42. The minimum atomic E-state index is -0.708. The van der Waals surface area contributed by atoms with Crippen LogP contribution < -0.4 is 5.73 Å². The summed E-state index contributed by atoms with van der Waals surface area (Å²) in [4.78, 5) is 0. The first kappa shape index (κ1) is 18.2. The fourth-order valence-corrected chi connectivity index (χ4v) is 2.92. The zero-order valence-corrected chi connectivity index (χ0v) is 13.9. The number of hydrogen-bond donors (Lipinski definition) is 2. The molecular weight excluding hydrogens is 258 g/mol. The maximum absolute atomic E-state index is 11.1. The van der Waals surface area contributed by atoms with E-state index in [-0.39, 0.29) is 6.04 Å². The molecule has 2 nitrogen and oxygen atoms in total. The van der Waals surface area contributed by atoms with Crippen LogP contribution in [-0.2, 0) is 6.42 Å². The first-order chi connectivity index (χ1) is 10.1. The molecule has 1 unspecified atom stereocenters. The minimum absolute atomic E-state index is 0.173. The first-order valence-corrected chi connectivity index (χ1v) is 8.64. The Morgan fingerprint density at radius 3 is 1.95 bits per heavy atom. The highest BCUT2D eigenvalue weighted by Gasteiger charge is 2.33. The molecule has 0 aliphatic rings. The van der Waals surface area contributed by atoms with Gasteiger partial charge in [-0.05, 0) is 24.8 Å². The lowest BCUT2D eigenvalue weighted by atomic mass is 9.81. The molecule has 0 fully saturated rings. The second-order valence-corrected chi connectivity index (χ2v) is 6.31. The lowest BCUT2D eigenvalue weighted by molar-refractivity contribution is -0.00662. The minimum Gasteiger partial charge on any atom is -0.388 e. The molecule has 1 atom stereocenters. The molecule has 0 aromatic heterocycles. The number of rotatable bonds is 11. The Morgan fingerprint density at radius 1 is 0.952 bits per heavy atom. The molecule has 120 valence electrons. The molecule has 3 N–H and O–H groups in total. The molecule has 0 amide bonds. The van der Waals surface area contributed by atoms with Crippen molar-refractivity contribution in [2.24, 2.45) is 5.73 Å². The summed E-state index contributed by atoms with van der Waals surface area (Å²) in [6, 6.07) is 10.1. The van der Waals surface area contributed by atoms with Gasteiger partial charge < -0.3 is 10.8 Å². The number of benzene rings is 1. The van der Waals surface area contributed by atoms with Crippen LogP contribution in [0.15, 0.2) is 30.3 Å². The van der Waals surface area contributed by atoms with Crippen LogP contribution in [0.1, 0.15) is 70.8 Å². The molecule has 0 saturated heterocycles. The first-order valence-electron chi connectivity index (χ1n) is 8.64. The van der Waals surface area contributed by atoms with Gasteiger partial charge in [-0.15, -0.1) is 0 Å². The molecule has 0 spiro atoms. The van der Waals surface area contributed by atoms with Crippen molar-refractivity contribution in [2.45, 2.75) is 83.3 Å². The number of aliphatic hydroxyl groups is 1. The maximum atomic E-state index is 11.1. The molecule has 2 heteroatoms. The predicted molar refractivity (Wildman–Crippen MR) is 91.4 cm³/mol. The van der Waals surface area contributed by atoms with Crippen molar-refractivity contribution in [3.05, 3.63) is 35.9 Å². The number of nitrogens with two attached hydrogens (primary N) is 1. The van der Waals surface area contributed by atoms with Gasteiger partial charge in [0.2, 0.25) is 0 Å². The third kappa shape index (κ3) is 6.62. The van der Waals surface area contributed by atoms with Crippen molar-refractivity contribution < 1.29 is 5.11 Å². The van der Waals surface area contributed by atoms with Crippen molar-refractivity contribution in [1.82, 2.24) is 0 Å². The van der Waals surface area contributed by atoms with E-state index in [0.29, 0.717) is 0 Å². The Labute approximate surface area is 130 Å². The summed E-state index contributed by atoms with van der Waals surface area (Å²) < 4.78 is 0. The summed E-state index contributed by atoms with van der Waals surface area (Å²) in [5.74, 6) is 0. The van der Waals surface area contributed by atoms with Gasteiger partial charge in [0.15, 0.2) is 0 Å². The lowest BCUT2D eigenvalue weighted by Crippen LogP contribution is -2.49. The topological polar surface area (TPSA) is 46.2 Å². The van der Waals surface area contributed by atoms with Crippen LogP contribution in [0, 0.1) is 0 Å². The standard InChI is InChI=1S/C19H33NO/c1-3-5-10-14-19(21,15-11-6-4-2)18(20)16-17-12-8-7-9-13-17/h7-9,12-13,18,21H,3-6,10-11,14-16,20H2,1-2H3. The van der Waals surface area contributed by atoms with E-state index in [1.165, 1.54) is 31.2 Å². The SMILES string of the molecule is CCCCCC(O)(CCCCC)C(N)Cc1ccccc1. The van der Waals surface area contributed by atoms with E-state index in [0.717, 1.165) is 32.1 Å². The van der Waals surface area contributed by atoms with Crippen LogP contribution in [0.25, 0.3) is 0 Å².